The lowest BCUT2D eigenvalue weighted by atomic mass is 10.5. The molecule has 6 heavy (non-hydrogen) atoms. The van der Waals surface area contributed by atoms with Gasteiger partial charge in [-0.05, 0) is 6.42 Å². The van der Waals surface area contributed by atoms with Crippen molar-refractivity contribution in [3.63, 3.8) is 0 Å². The second kappa shape index (κ2) is 5.50. The highest BCUT2D eigenvalue weighted by Gasteiger charge is 1.75. The van der Waals surface area contributed by atoms with Crippen LogP contribution in [-0.2, 0) is 4.65 Å². The molecule has 3 heteroatoms. The van der Waals surface area contributed by atoms with E-state index in [4.69, 9.17) is 8.05 Å². The number of rotatable bonds is 3. The Bertz CT molecular complexity index is 22.8. The molecular weight excluding hydrogens is 143 g/mol. The van der Waals surface area contributed by atoms with E-state index >= 15 is 0 Å². The molecule has 0 aromatic carbocycles. The van der Waals surface area contributed by atoms with Gasteiger partial charge in [-0.2, -0.15) is 0 Å². The third-order valence-corrected chi connectivity index (χ3v) is 0.957. The average Bonchev–Trinajstić information content (AvgIpc) is 1.61. The molecule has 0 spiro atoms. The zero-order valence-electron chi connectivity index (χ0n) is 3.48. The lowest BCUT2D eigenvalue weighted by Crippen LogP contribution is -1.88. The molecule has 0 fully saturated rings. The predicted molar refractivity (Wildman–Crippen MR) is 30.1 cm³/mol. The van der Waals surface area contributed by atoms with Crippen LogP contribution in [0.4, 0.5) is 0 Å². The van der Waals surface area contributed by atoms with Crippen LogP contribution in [0.15, 0.2) is 0 Å². The van der Waals surface area contributed by atoms with Crippen LogP contribution in [0.2, 0.25) is 0 Å². The van der Waals surface area contributed by atoms with Crippen LogP contribution in [0.1, 0.15) is 6.42 Å². The number of alkyl halides is 1. The summed E-state index contributed by atoms with van der Waals surface area (Å²) in [5.41, 5.74) is 0. The Hall–Kier alpha value is 0.505. The molecule has 0 aromatic rings. The third kappa shape index (κ3) is 4.50. The topological polar surface area (TPSA) is 9.23 Å². The quantitative estimate of drug-likeness (QED) is 0.328. The molecule has 0 atom stereocenters. The van der Waals surface area contributed by atoms with E-state index in [9.17, 15) is 0 Å². The van der Waals surface area contributed by atoms with Crippen LogP contribution in [0.5, 0.6) is 0 Å². The molecule has 34 valence electrons. The molecular formula is C3H6BBrO. The highest BCUT2D eigenvalue weighted by Crippen LogP contribution is 1.84. The Labute approximate surface area is 47.6 Å². The Kier molecular flexibility index (Phi) is 5.97. The second-order valence-corrected chi connectivity index (χ2v) is 1.71. The first-order chi connectivity index (χ1) is 2.91. The first-order valence-electron chi connectivity index (χ1n) is 1.79. The van der Waals surface area contributed by atoms with E-state index in [1.165, 1.54) is 0 Å². The van der Waals surface area contributed by atoms with E-state index in [0.29, 0.717) is 6.61 Å². The van der Waals surface area contributed by atoms with Gasteiger partial charge in [0.25, 0.3) is 8.05 Å². The maximum Gasteiger partial charge on any atom is 0.282 e. The van der Waals surface area contributed by atoms with Crippen molar-refractivity contribution in [1.82, 2.24) is 0 Å². The molecule has 0 aliphatic heterocycles. The smallest absolute Gasteiger partial charge is 0.282 e. The van der Waals surface area contributed by atoms with Gasteiger partial charge in [-0.15, -0.1) is 0 Å². The van der Waals surface area contributed by atoms with Gasteiger partial charge in [0.15, 0.2) is 0 Å². The minimum Gasteiger partial charge on any atom is -0.448 e. The van der Waals surface area contributed by atoms with Crippen LogP contribution in [0, 0.1) is 0 Å². The van der Waals surface area contributed by atoms with E-state index in [0.717, 1.165) is 11.8 Å². The summed E-state index contributed by atoms with van der Waals surface area (Å²) in [5.74, 6) is 0. The predicted octanol–water partition coefficient (Wildman–Crippen LogP) is 0.871. The lowest BCUT2D eigenvalue weighted by molar-refractivity contribution is 0.351. The van der Waals surface area contributed by atoms with E-state index in [-0.39, 0.29) is 0 Å². The minimum absolute atomic E-state index is 0.644. The summed E-state index contributed by atoms with van der Waals surface area (Å²) in [4.78, 5) is 0. The zero-order valence-corrected chi connectivity index (χ0v) is 5.07. The van der Waals surface area contributed by atoms with Crippen molar-refractivity contribution in [2.45, 2.75) is 6.42 Å². The highest BCUT2D eigenvalue weighted by atomic mass is 79.9. The van der Waals surface area contributed by atoms with Crippen molar-refractivity contribution in [2.24, 2.45) is 0 Å². The molecule has 0 aliphatic rings. The molecule has 2 radical (unpaired) electrons. The van der Waals surface area contributed by atoms with E-state index in [2.05, 4.69) is 20.6 Å². The van der Waals surface area contributed by atoms with Crippen LogP contribution >= 0.6 is 15.9 Å². The van der Waals surface area contributed by atoms with Crippen LogP contribution < -0.4 is 0 Å². The summed E-state index contributed by atoms with van der Waals surface area (Å²) in [7, 11) is 4.69. The largest absolute Gasteiger partial charge is 0.448 e. The molecule has 0 unspecified atom stereocenters. The number of hydrogen-bond donors (Lipinski definition) is 0. The summed E-state index contributed by atoms with van der Waals surface area (Å²) in [6, 6.07) is 0. The Morgan fingerprint density at radius 2 is 2.33 bits per heavy atom. The Morgan fingerprint density at radius 1 is 1.67 bits per heavy atom. The minimum atomic E-state index is 0.644. The van der Waals surface area contributed by atoms with Crippen molar-refractivity contribution in [2.75, 3.05) is 11.9 Å². The van der Waals surface area contributed by atoms with E-state index < -0.39 is 0 Å². The second-order valence-electron chi connectivity index (χ2n) is 0.913. The van der Waals surface area contributed by atoms with Gasteiger partial charge < -0.3 is 4.65 Å². The molecule has 0 aliphatic carbocycles. The van der Waals surface area contributed by atoms with Crippen molar-refractivity contribution in [3.05, 3.63) is 0 Å². The number of hydrogen-bond acceptors (Lipinski definition) is 1. The Balaban J connectivity index is 2.34. The van der Waals surface area contributed by atoms with Crippen LogP contribution in [0.25, 0.3) is 0 Å². The summed E-state index contributed by atoms with van der Waals surface area (Å²) in [6.07, 6.45) is 0.983. The first kappa shape index (κ1) is 6.50. The first-order valence-corrected chi connectivity index (χ1v) is 2.91. The van der Waals surface area contributed by atoms with Gasteiger partial charge in [0.1, 0.15) is 0 Å². The molecule has 1 nitrogen and oxygen atoms in total. The van der Waals surface area contributed by atoms with Crippen molar-refractivity contribution in [3.8, 4) is 0 Å². The molecule has 0 saturated heterocycles. The SMILES string of the molecule is [B]OCCCBr. The Morgan fingerprint density at radius 3 is 2.50 bits per heavy atom. The van der Waals surface area contributed by atoms with Crippen molar-refractivity contribution >= 4 is 24.0 Å². The molecule has 0 amide bonds. The highest BCUT2D eigenvalue weighted by molar-refractivity contribution is 9.09. The summed E-state index contributed by atoms with van der Waals surface area (Å²) < 4.78 is 4.25. The fraction of sp³-hybridized carbons (Fsp3) is 1.00. The average molecular weight is 149 g/mol. The third-order valence-electron chi connectivity index (χ3n) is 0.396. The van der Waals surface area contributed by atoms with Crippen molar-refractivity contribution < 1.29 is 4.65 Å². The van der Waals surface area contributed by atoms with Crippen LogP contribution in [-0.4, -0.2) is 20.0 Å². The van der Waals surface area contributed by atoms with Gasteiger partial charge in [0.05, 0.1) is 0 Å². The lowest BCUT2D eigenvalue weighted by Gasteiger charge is -1.89. The van der Waals surface area contributed by atoms with Gasteiger partial charge in [-0.1, -0.05) is 15.9 Å². The van der Waals surface area contributed by atoms with Gasteiger partial charge in [0.2, 0.25) is 0 Å². The normalized spacial score (nSPS) is 8.83. The number of halogens is 1. The molecule has 0 saturated carbocycles. The van der Waals surface area contributed by atoms with E-state index in [1.807, 2.05) is 0 Å². The molecule has 0 bridgehead atoms. The summed E-state index contributed by atoms with van der Waals surface area (Å²) >= 11 is 3.21. The molecule has 0 rings (SSSR count). The molecule has 0 heterocycles. The molecule has 0 N–H and O–H groups in total. The standard InChI is InChI=1S/C3H6BBrO/c4-6-3-1-2-5/h1-3H2. The summed E-state index contributed by atoms with van der Waals surface area (Å²) in [6.45, 7) is 0.644. The molecule has 0 aromatic heterocycles. The van der Waals surface area contributed by atoms with Gasteiger partial charge in [-0.25, -0.2) is 0 Å². The maximum atomic E-state index is 4.69. The van der Waals surface area contributed by atoms with Crippen molar-refractivity contribution in [1.29, 1.82) is 0 Å². The van der Waals surface area contributed by atoms with Crippen LogP contribution in [0.3, 0.4) is 0 Å². The zero-order chi connectivity index (χ0) is 4.83. The van der Waals surface area contributed by atoms with Gasteiger partial charge >= 0.3 is 0 Å². The fourth-order valence-electron chi connectivity index (χ4n) is 0.138. The maximum absolute atomic E-state index is 4.69. The van der Waals surface area contributed by atoms with E-state index in [1.54, 1.807) is 0 Å². The summed E-state index contributed by atoms with van der Waals surface area (Å²) in [5, 5.41) is 0.962. The monoisotopic (exact) mass is 148 g/mol. The van der Waals surface area contributed by atoms with Gasteiger partial charge in [0, 0.05) is 11.9 Å². The van der Waals surface area contributed by atoms with Gasteiger partial charge in [-0.3, -0.25) is 0 Å². The fourth-order valence-corrected chi connectivity index (χ4v) is 0.367.